The molecule has 76 valence electrons. The quantitative estimate of drug-likeness (QED) is 0.880. The van der Waals surface area contributed by atoms with E-state index in [0.29, 0.717) is 5.41 Å². The Balaban J connectivity index is 1.89. The molecule has 1 aliphatic carbocycles. The lowest BCUT2D eigenvalue weighted by molar-refractivity contribution is 0.350. The minimum Gasteiger partial charge on any atom is -0.454 e. The predicted molar refractivity (Wildman–Crippen MR) is 58.3 cm³/mol. The van der Waals surface area contributed by atoms with E-state index in [0.717, 1.165) is 17.1 Å². The molecule has 1 aromatic heterocycles. The Bertz CT molecular complexity index is 337. The van der Waals surface area contributed by atoms with E-state index >= 15 is 0 Å². The zero-order valence-electron chi connectivity index (χ0n) is 8.05. The molecule has 2 heterocycles. The maximum atomic E-state index is 5.71. The van der Waals surface area contributed by atoms with E-state index in [-0.39, 0.29) is 0 Å². The Morgan fingerprint density at radius 3 is 2.79 bits per heavy atom. The van der Waals surface area contributed by atoms with E-state index in [1.807, 2.05) is 6.07 Å². The standard InChI is InChI=1S/C11H14BrNO/c12-10-2-1-9(14-10)11(4-5-11)8-3-6-13-7-8/h1-2,8,13H,3-7H2. The first-order valence-electron chi connectivity index (χ1n) is 5.28. The van der Waals surface area contributed by atoms with Crippen LogP contribution in [0.3, 0.4) is 0 Å². The lowest BCUT2D eigenvalue weighted by atomic mass is 9.86. The second-order valence-electron chi connectivity index (χ2n) is 4.45. The summed E-state index contributed by atoms with van der Waals surface area (Å²) in [6.07, 6.45) is 3.91. The minimum absolute atomic E-state index is 0.384. The van der Waals surface area contributed by atoms with Crippen LogP contribution in [-0.4, -0.2) is 13.1 Å². The fraction of sp³-hybridized carbons (Fsp3) is 0.636. The fourth-order valence-electron chi connectivity index (χ4n) is 2.70. The first-order valence-corrected chi connectivity index (χ1v) is 6.07. The highest BCUT2D eigenvalue weighted by atomic mass is 79.9. The zero-order chi connectivity index (χ0) is 9.60. The fourth-order valence-corrected chi connectivity index (χ4v) is 3.01. The molecule has 2 fully saturated rings. The molecule has 1 saturated carbocycles. The van der Waals surface area contributed by atoms with Crippen LogP contribution in [0.1, 0.15) is 25.0 Å². The van der Waals surface area contributed by atoms with E-state index in [1.165, 1.54) is 31.6 Å². The molecule has 0 spiro atoms. The highest BCUT2D eigenvalue weighted by Crippen LogP contribution is 2.56. The van der Waals surface area contributed by atoms with Gasteiger partial charge in [0.1, 0.15) is 5.76 Å². The van der Waals surface area contributed by atoms with Crippen LogP contribution < -0.4 is 5.32 Å². The summed E-state index contributed by atoms with van der Waals surface area (Å²) in [5, 5.41) is 3.44. The molecular formula is C11H14BrNO. The third kappa shape index (κ3) is 1.26. The van der Waals surface area contributed by atoms with Crippen LogP contribution in [0.25, 0.3) is 0 Å². The lowest BCUT2D eigenvalue weighted by Crippen LogP contribution is -2.22. The smallest absolute Gasteiger partial charge is 0.169 e. The summed E-state index contributed by atoms with van der Waals surface area (Å²) in [5.74, 6) is 1.98. The second kappa shape index (κ2) is 3.11. The maximum Gasteiger partial charge on any atom is 0.169 e. The van der Waals surface area contributed by atoms with Crippen molar-refractivity contribution < 1.29 is 4.42 Å². The van der Waals surface area contributed by atoms with Gasteiger partial charge in [-0.3, -0.25) is 0 Å². The summed E-state index contributed by atoms with van der Waals surface area (Å²) in [7, 11) is 0. The number of hydrogen-bond acceptors (Lipinski definition) is 2. The summed E-state index contributed by atoms with van der Waals surface area (Å²) in [6, 6.07) is 4.15. The minimum atomic E-state index is 0.384. The Hall–Kier alpha value is -0.280. The summed E-state index contributed by atoms with van der Waals surface area (Å²) in [6.45, 7) is 2.34. The van der Waals surface area contributed by atoms with Gasteiger partial charge in [0, 0.05) is 5.41 Å². The molecule has 2 nitrogen and oxygen atoms in total. The van der Waals surface area contributed by atoms with Gasteiger partial charge >= 0.3 is 0 Å². The molecular weight excluding hydrogens is 242 g/mol. The number of hydrogen-bond donors (Lipinski definition) is 1. The Kier molecular flexibility index (Phi) is 1.99. The largest absolute Gasteiger partial charge is 0.454 e. The first kappa shape index (κ1) is 8.98. The summed E-state index contributed by atoms with van der Waals surface area (Å²) < 4.78 is 6.58. The molecule has 1 aromatic rings. The van der Waals surface area contributed by atoms with Gasteiger partial charge < -0.3 is 9.73 Å². The van der Waals surface area contributed by atoms with Crippen molar-refractivity contribution >= 4 is 15.9 Å². The van der Waals surface area contributed by atoms with Crippen LogP contribution in [-0.2, 0) is 5.41 Å². The average molecular weight is 256 g/mol. The van der Waals surface area contributed by atoms with Crippen molar-refractivity contribution in [1.82, 2.24) is 5.32 Å². The topological polar surface area (TPSA) is 25.2 Å². The number of rotatable bonds is 2. The van der Waals surface area contributed by atoms with Gasteiger partial charge in [0.2, 0.25) is 0 Å². The number of furan rings is 1. The van der Waals surface area contributed by atoms with Gasteiger partial charge in [0.15, 0.2) is 4.67 Å². The Morgan fingerprint density at radius 2 is 2.29 bits per heavy atom. The molecule has 1 saturated heterocycles. The van der Waals surface area contributed by atoms with E-state index in [2.05, 4.69) is 27.3 Å². The molecule has 3 heteroatoms. The van der Waals surface area contributed by atoms with Crippen molar-refractivity contribution in [2.24, 2.45) is 5.92 Å². The second-order valence-corrected chi connectivity index (χ2v) is 5.23. The summed E-state index contributed by atoms with van der Waals surface area (Å²) in [5.41, 5.74) is 0.384. The van der Waals surface area contributed by atoms with Crippen LogP contribution in [0.5, 0.6) is 0 Å². The van der Waals surface area contributed by atoms with E-state index in [1.54, 1.807) is 0 Å². The van der Waals surface area contributed by atoms with Gasteiger partial charge in [-0.2, -0.15) is 0 Å². The average Bonchev–Trinajstić information content (AvgIpc) is 2.68. The highest BCUT2D eigenvalue weighted by molar-refractivity contribution is 9.10. The Morgan fingerprint density at radius 1 is 1.43 bits per heavy atom. The molecule has 0 radical (unpaired) electrons. The molecule has 1 N–H and O–H groups in total. The van der Waals surface area contributed by atoms with Crippen molar-refractivity contribution in [3.05, 3.63) is 22.6 Å². The lowest BCUT2D eigenvalue weighted by Gasteiger charge is -2.19. The summed E-state index contributed by atoms with van der Waals surface area (Å²) in [4.78, 5) is 0. The summed E-state index contributed by atoms with van der Waals surface area (Å²) >= 11 is 3.38. The van der Waals surface area contributed by atoms with Gasteiger partial charge in [-0.05, 0) is 66.3 Å². The molecule has 2 aliphatic rings. The predicted octanol–water partition coefficient (Wildman–Crippen LogP) is 2.68. The molecule has 1 atom stereocenters. The van der Waals surface area contributed by atoms with E-state index in [9.17, 15) is 0 Å². The SMILES string of the molecule is Brc1ccc(C2(C3CCNC3)CC2)o1. The van der Waals surface area contributed by atoms with E-state index in [4.69, 9.17) is 4.42 Å². The monoisotopic (exact) mass is 255 g/mol. The van der Waals surface area contributed by atoms with Crippen molar-refractivity contribution in [3.63, 3.8) is 0 Å². The van der Waals surface area contributed by atoms with Crippen molar-refractivity contribution in [2.45, 2.75) is 24.7 Å². The molecule has 14 heavy (non-hydrogen) atoms. The van der Waals surface area contributed by atoms with Crippen LogP contribution in [0.4, 0.5) is 0 Å². The Labute approximate surface area is 92.2 Å². The third-order valence-corrected chi connectivity index (χ3v) is 4.12. The van der Waals surface area contributed by atoms with Crippen molar-refractivity contribution in [3.8, 4) is 0 Å². The van der Waals surface area contributed by atoms with Gasteiger partial charge in [-0.1, -0.05) is 0 Å². The van der Waals surface area contributed by atoms with Gasteiger partial charge in [-0.25, -0.2) is 0 Å². The molecule has 0 amide bonds. The van der Waals surface area contributed by atoms with Crippen LogP contribution in [0.15, 0.2) is 21.2 Å². The number of nitrogens with one attached hydrogen (secondary N) is 1. The first-order chi connectivity index (χ1) is 6.81. The zero-order valence-corrected chi connectivity index (χ0v) is 9.64. The van der Waals surface area contributed by atoms with Crippen molar-refractivity contribution in [1.29, 1.82) is 0 Å². The molecule has 1 unspecified atom stereocenters. The van der Waals surface area contributed by atoms with Crippen LogP contribution >= 0.6 is 15.9 Å². The van der Waals surface area contributed by atoms with Gasteiger partial charge in [0.25, 0.3) is 0 Å². The maximum absolute atomic E-state index is 5.71. The third-order valence-electron chi connectivity index (χ3n) is 3.69. The molecule has 0 aromatic carbocycles. The van der Waals surface area contributed by atoms with Gasteiger partial charge in [0.05, 0.1) is 0 Å². The number of halogens is 1. The van der Waals surface area contributed by atoms with Crippen LogP contribution in [0, 0.1) is 5.92 Å². The molecule has 1 aliphatic heterocycles. The molecule has 0 bridgehead atoms. The highest BCUT2D eigenvalue weighted by Gasteiger charge is 2.53. The normalized spacial score (nSPS) is 29.4. The molecule has 3 rings (SSSR count). The van der Waals surface area contributed by atoms with Crippen molar-refractivity contribution in [2.75, 3.05) is 13.1 Å². The van der Waals surface area contributed by atoms with E-state index < -0.39 is 0 Å². The van der Waals surface area contributed by atoms with Crippen LogP contribution in [0.2, 0.25) is 0 Å². The van der Waals surface area contributed by atoms with Gasteiger partial charge in [-0.15, -0.1) is 0 Å².